The Bertz CT molecular complexity index is 1750. The van der Waals surface area contributed by atoms with Gasteiger partial charge in [-0.25, -0.2) is 0 Å². The molecule has 1 aliphatic heterocycles. The number of amides is 1. The van der Waals surface area contributed by atoms with Crippen molar-refractivity contribution in [2.45, 2.75) is 122 Å². The molecule has 1 saturated heterocycles. The number of hydrogen-bond acceptors (Lipinski definition) is 8. The lowest BCUT2D eigenvalue weighted by molar-refractivity contribution is -0.177. The summed E-state index contributed by atoms with van der Waals surface area (Å²) in [5.41, 5.74) is -0.796. The lowest BCUT2D eigenvalue weighted by Gasteiger charge is -2.47. The number of fused-ring (bicyclic) bond motifs is 10. The van der Waals surface area contributed by atoms with E-state index in [1.54, 1.807) is 43.4 Å². The van der Waals surface area contributed by atoms with Crippen LogP contribution in [0.1, 0.15) is 125 Å². The van der Waals surface area contributed by atoms with Crippen molar-refractivity contribution in [3.63, 3.8) is 0 Å². The average molecular weight is 730 g/mol. The number of benzene rings is 2. The summed E-state index contributed by atoms with van der Waals surface area (Å²) < 4.78 is 16.8. The molecule has 7 rings (SSSR count). The number of hydrogen-bond donors (Lipinski definition) is 2. The third-order valence-electron chi connectivity index (χ3n) is 14.2. The Morgan fingerprint density at radius 2 is 1.72 bits per heavy atom. The molecule has 5 aliphatic rings. The van der Waals surface area contributed by atoms with E-state index in [0.29, 0.717) is 87.8 Å². The number of rotatable bonds is 10. The number of methoxy groups -OCH3 is 2. The standard InChI is InChI=1S/C44H59NO8/c1-29-10-8-20-41(4)36(34-18-12-30(26-32(46)15-11-29)27-35(34)37(47)31-13-16-33(52-7)17-14-31)19-21-43(41,50)28-45(24-9-25-51-6)38(48)44-23-22-42(5,39(49)53-44)40(44,2)3/h10,12-14,16-18,27,32,36,46,50H,8-9,11,15,19-26,28H2,1-7H3/t32-,36-,41-,42-,43+,44+/m0/s1. The van der Waals surface area contributed by atoms with Gasteiger partial charge in [-0.05, 0) is 125 Å². The van der Waals surface area contributed by atoms with Crippen LogP contribution in [0, 0.1) is 16.2 Å². The van der Waals surface area contributed by atoms with E-state index in [0.717, 1.165) is 17.5 Å². The van der Waals surface area contributed by atoms with Crippen LogP contribution in [0.15, 0.2) is 54.1 Å². The first-order chi connectivity index (χ1) is 25.1. The van der Waals surface area contributed by atoms with Crippen molar-refractivity contribution in [1.29, 1.82) is 0 Å². The molecule has 0 spiro atoms. The van der Waals surface area contributed by atoms with Gasteiger partial charge in [-0.2, -0.15) is 0 Å². The molecule has 0 radical (unpaired) electrons. The van der Waals surface area contributed by atoms with E-state index in [2.05, 4.69) is 19.9 Å². The average Bonchev–Trinajstić information content (AvgIpc) is 3.57. The Balaban J connectivity index is 1.43. The highest BCUT2D eigenvalue weighted by Gasteiger charge is 2.76. The highest BCUT2D eigenvalue weighted by atomic mass is 16.6. The third-order valence-corrected chi connectivity index (χ3v) is 14.2. The Kier molecular flexibility index (Phi) is 10.8. The smallest absolute Gasteiger partial charge is 0.313 e. The van der Waals surface area contributed by atoms with Crippen LogP contribution in [0.3, 0.4) is 0 Å². The van der Waals surface area contributed by atoms with E-state index in [1.165, 1.54) is 5.57 Å². The summed E-state index contributed by atoms with van der Waals surface area (Å²) in [4.78, 5) is 44.4. The molecule has 288 valence electrons. The first kappa shape index (κ1) is 39.2. The molecule has 2 aromatic carbocycles. The van der Waals surface area contributed by atoms with Crippen molar-refractivity contribution in [1.82, 2.24) is 4.90 Å². The van der Waals surface area contributed by atoms with Gasteiger partial charge in [0, 0.05) is 42.2 Å². The highest BCUT2D eigenvalue weighted by molar-refractivity contribution is 6.10. The van der Waals surface area contributed by atoms with E-state index >= 15 is 0 Å². The molecule has 3 fully saturated rings. The number of ketones is 1. The maximum Gasteiger partial charge on any atom is 0.313 e. The molecule has 4 aliphatic carbocycles. The van der Waals surface area contributed by atoms with Crippen molar-refractivity contribution < 1.29 is 38.8 Å². The van der Waals surface area contributed by atoms with E-state index in [-0.39, 0.29) is 30.1 Å². The lowest BCUT2D eigenvalue weighted by Crippen LogP contribution is -2.60. The number of nitrogens with zero attached hydrogens (tertiary/aromatic N) is 1. The maximum atomic E-state index is 14.9. The monoisotopic (exact) mass is 729 g/mol. The van der Waals surface area contributed by atoms with Crippen molar-refractivity contribution >= 4 is 17.7 Å². The van der Waals surface area contributed by atoms with Crippen LogP contribution >= 0.6 is 0 Å². The molecule has 6 atom stereocenters. The number of esters is 1. The van der Waals surface area contributed by atoms with Crippen molar-refractivity contribution in [2.75, 3.05) is 33.9 Å². The zero-order valence-corrected chi connectivity index (χ0v) is 32.8. The van der Waals surface area contributed by atoms with Crippen molar-refractivity contribution in [2.24, 2.45) is 16.2 Å². The SMILES string of the molecule is COCCCN(C[C@]1(O)CC[C@H]2c3ccc(cc3C(=O)c3ccc(OC)cc3)C[C@@H](O)CCC(C)=CCC[C@@]21C)C(=O)[C@@]12CC[C@@](C)(C(=O)O1)C2(C)C. The minimum Gasteiger partial charge on any atom is -0.497 e. The summed E-state index contributed by atoms with van der Waals surface area (Å²) in [6, 6.07) is 13.1. The molecule has 1 heterocycles. The first-order valence-electron chi connectivity index (χ1n) is 19.5. The van der Waals surface area contributed by atoms with Gasteiger partial charge in [0.1, 0.15) is 5.75 Å². The topological polar surface area (TPSA) is 123 Å². The predicted octanol–water partition coefficient (Wildman–Crippen LogP) is 6.95. The Morgan fingerprint density at radius 1 is 0.981 bits per heavy atom. The molecule has 2 N–H and O–H groups in total. The number of aliphatic hydroxyl groups is 2. The summed E-state index contributed by atoms with van der Waals surface area (Å²) in [5, 5.41) is 24.1. The largest absolute Gasteiger partial charge is 0.497 e. The predicted molar refractivity (Wildman–Crippen MR) is 203 cm³/mol. The van der Waals surface area contributed by atoms with Crippen molar-refractivity contribution in [3.05, 3.63) is 76.4 Å². The minimum atomic E-state index is -1.32. The molecule has 9 nitrogen and oxygen atoms in total. The van der Waals surface area contributed by atoms with Gasteiger partial charge in [0.15, 0.2) is 11.4 Å². The number of allylic oxidation sites excluding steroid dienone is 2. The summed E-state index contributed by atoms with van der Waals surface area (Å²) in [7, 11) is 3.22. The molecule has 53 heavy (non-hydrogen) atoms. The maximum absolute atomic E-state index is 14.9. The van der Waals surface area contributed by atoms with Crippen LogP contribution in [0.5, 0.6) is 5.75 Å². The zero-order valence-electron chi connectivity index (χ0n) is 32.8. The molecular formula is C44H59NO8. The highest BCUT2D eigenvalue weighted by Crippen LogP contribution is 2.66. The fourth-order valence-electron chi connectivity index (χ4n) is 10.0. The van der Waals surface area contributed by atoms with Crippen LogP contribution in [-0.2, 0) is 25.5 Å². The Morgan fingerprint density at radius 3 is 2.36 bits per heavy atom. The van der Waals surface area contributed by atoms with Gasteiger partial charge < -0.3 is 29.3 Å². The number of carbonyl (C=O) groups is 3. The van der Waals surface area contributed by atoms with Crippen LogP contribution < -0.4 is 4.74 Å². The Hall–Kier alpha value is -3.53. The van der Waals surface area contributed by atoms with Gasteiger partial charge in [-0.3, -0.25) is 14.4 Å². The van der Waals surface area contributed by atoms with E-state index in [9.17, 15) is 24.6 Å². The van der Waals surface area contributed by atoms with Crippen LogP contribution in [0.2, 0.25) is 0 Å². The molecule has 1 amide bonds. The number of ether oxygens (including phenoxy) is 3. The normalized spacial score (nSPS) is 32.1. The summed E-state index contributed by atoms with van der Waals surface area (Å²) in [6.45, 7) is 10.9. The van der Waals surface area contributed by atoms with E-state index in [4.69, 9.17) is 14.2 Å². The number of aliphatic hydroxyl groups excluding tert-OH is 1. The summed E-state index contributed by atoms with van der Waals surface area (Å²) in [6.07, 6.45) is 7.41. The van der Waals surface area contributed by atoms with Crippen LogP contribution in [0.25, 0.3) is 0 Å². The van der Waals surface area contributed by atoms with Gasteiger partial charge in [0.25, 0.3) is 5.91 Å². The van der Waals surface area contributed by atoms with Crippen molar-refractivity contribution in [3.8, 4) is 5.75 Å². The second kappa shape index (κ2) is 14.6. The molecular weight excluding hydrogens is 670 g/mol. The molecule has 2 saturated carbocycles. The van der Waals surface area contributed by atoms with Gasteiger partial charge in [0.05, 0.1) is 30.8 Å². The third kappa shape index (κ3) is 6.54. The fraction of sp³-hybridized carbons (Fsp3) is 0.614. The molecule has 9 heteroatoms. The second-order valence-corrected chi connectivity index (χ2v) is 17.3. The first-order valence-corrected chi connectivity index (χ1v) is 19.5. The van der Waals surface area contributed by atoms with Gasteiger partial charge in [-0.15, -0.1) is 0 Å². The lowest BCUT2D eigenvalue weighted by atomic mass is 9.64. The van der Waals surface area contributed by atoms with Gasteiger partial charge in [0.2, 0.25) is 0 Å². The summed E-state index contributed by atoms with van der Waals surface area (Å²) in [5.74, 6) is -0.242. The second-order valence-electron chi connectivity index (χ2n) is 17.3. The van der Waals surface area contributed by atoms with Crippen LogP contribution in [-0.4, -0.2) is 84.0 Å². The molecule has 4 bridgehead atoms. The van der Waals surface area contributed by atoms with Gasteiger partial charge in [-0.1, -0.05) is 44.6 Å². The quantitative estimate of drug-likeness (QED) is 0.117. The zero-order chi connectivity index (χ0) is 38.4. The molecule has 2 aromatic rings. The van der Waals surface area contributed by atoms with E-state index < -0.39 is 33.6 Å². The van der Waals surface area contributed by atoms with E-state index in [1.807, 2.05) is 39.0 Å². The van der Waals surface area contributed by atoms with Crippen LogP contribution in [0.4, 0.5) is 0 Å². The fourth-order valence-corrected chi connectivity index (χ4v) is 10.0. The number of carbonyl (C=O) groups excluding carboxylic acids is 3. The molecule has 0 aromatic heterocycles. The Labute approximate surface area is 315 Å². The summed E-state index contributed by atoms with van der Waals surface area (Å²) >= 11 is 0. The minimum absolute atomic E-state index is 0.0728. The van der Waals surface area contributed by atoms with Gasteiger partial charge >= 0.3 is 5.97 Å². The molecule has 0 unspecified atom stereocenters.